The summed E-state index contributed by atoms with van der Waals surface area (Å²) in [4.78, 5) is 16.6. The summed E-state index contributed by atoms with van der Waals surface area (Å²) < 4.78 is 25.9. The van der Waals surface area contributed by atoms with Crippen molar-refractivity contribution in [1.29, 1.82) is 0 Å². The summed E-state index contributed by atoms with van der Waals surface area (Å²) in [5, 5.41) is 5.24. The maximum Gasteiger partial charge on any atom is 0.226 e. The van der Waals surface area contributed by atoms with Crippen molar-refractivity contribution in [3.63, 3.8) is 0 Å². The summed E-state index contributed by atoms with van der Waals surface area (Å²) in [7, 11) is -3.23. The molecule has 8 heteroatoms. The Balaban J connectivity index is 1.52. The van der Waals surface area contributed by atoms with E-state index in [-0.39, 0.29) is 18.1 Å². The predicted octanol–water partition coefficient (Wildman–Crippen LogP) is 3.57. The van der Waals surface area contributed by atoms with Crippen LogP contribution in [0.5, 0.6) is 0 Å². The first-order chi connectivity index (χ1) is 12.8. The average Bonchev–Trinajstić information content (AvgIpc) is 3.26. The molecule has 27 heavy (non-hydrogen) atoms. The lowest BCUT2D eigenvalue weighted by atomic mass is 10.0. The standard InChI is InChI=1S/C19H25N3O3S2/c1-14-7-8-16(15(2)12-14)17-13-26-19(20-17)21-18(23)6-5-11-27(24,25)22-9-3-4-10-22/h7-8,12-13H,3-6,9-11H2,1-2H3,(H,20,21,23). The van der Waals surface area contributed by atoms with Gasteiger partial charge in [0, 0.05) is 30.5 Å². The van der Waals surface area contributed by atoms with Crippen LogP contribution in [0.4, 0.5) is 5.13 Å². The van der Waals surface area contributed by atoms with Crippen LogP contribution in [0.1, 0.15) is 36.8 Å². The molecule has 146 valence electrons. The Morgan fingerprint density at radius 3 is 2.70 bits per heavy atom. The third-order valence-electron chi connectivity index (χ3n) is 4.67. The summed E-state index contributed by atoms with van der Waals surface area (Å²) in [6.07, 6.45) is 2.34. The molecular weight excluding hydrogens is 382 g/mol. The van der Waals surface area contributed by atoms with Crippen LogP contribution in [-0.2, 0) is 14.8 Å². The topological polar surface area (TPSA) is 79.4 Å². The van der Waals surface area contributed by atoms with E-state index in [1.165, 1.54) is 21.2 Å². The van der Waals surface area contributed by atoms with Crippen LogP contribution in [0.2, 0.25) is 0 Å². The number of thiazole rings is 1. The van der Waals surface area contributed by atoms with Crippen molar-refractivity contribution >= 4 is 32.4 Å². The van der Waals surface area contributed by atoms with Gasteiger partial charge in [0.2, 0.25) is 15.9 Å². The van der Waals surface area contributed by atoms with E-state index < -0.39 is 10.0 Å². The van der Waals surface area contributed by atoms with Crippen molar-refractivity contribution in [2.45, 2.75) is 39.5 Å². The molecule has 1 aromatic heterocycles. The van der Waals surface area contributed by atoms with E-state index in [0.29, 0.717) is 24.6 Å². The van der Waals surface area contributed by atoms with Crippen molar-refractivity contribution in [2.24, 2.45) is 0 Å². The Labute approximate surface area is 164 Å². The maximum absolute atomic E-state index is 12.2. The Morgan fingerprint density at radius 2 is 2.00 bits per heavy atom. The molecule has 6 nitrogen and oxygen atoms in total. The molecular formula is C19H25N3O3S2. The molecule has 1 fully saturated rings. The van der Waals surface area contributed by atoms with Gasteiger partial charge in [0.05, 0.1) is 11.4 Å². The Kier molecular flexibility index (Phi) is 6.29. The number of amides is 1. The van der Waals surface area contributed by atoms with Crippen LogP contribution in [0, 0.1) is 13.8 Å². The van der Waals surface area contributed by atoms with E-state index in [9.17, 15) is 13.2 Å². The second-order valence-electron chi connectivity index (χ2n) is 6.93. The van der Waals surface area contributed by atoms with Crippen molar-refractivity contribution in [2.75, 3.05) is 24.2 Å². The zero-order valence-corrected chi connectivity index (χ0v) is 17.3. The lowest BCUT2D eigenvalue weighted by Crippen LogP contribution is -2.30. The van der Waals surface area contributed by atoms with Gasteiger partial charge in [0.15, 0.2) is 5.13 Å². The number of carbonyl (C=O) groups is 1. The molecule has 0 radical (unpaired) electrons. The van der Waals surface area contributed by atoms with E-state index >= 15 is 0 Å². The number of hydrogen-bond donors (Lipinski definition) is 1. The minimum absolute atomic E-state index is 0.0199. The number of nitrogens with one attached hydrogen (secondary N) is 1. The van der Waals surface area contributed by atoms with Gasteiger partial charge < -0.3 is 5.32 Å². The minimum Gasteiger partial charge on any atom is -0.302 e. The number of aromatic nitrogens is 1. The first kappa shape index (κ1) is 20.0. The molecule has 0 aliphatic carbocycles. The second kappa shape index (κ2) is 8.50. The van der Waals surface area contributed by atoms with E-state index in [4.69, 9.17) is 0 Å². The van der Waals surface area contributed by atoms with Crippen LogP contribution < -0.4 is 5.32 Å². The fourth-order valence-corrected chi connectivity index (χ4v) is 5.56. The zero-order valence-electron chi connectivity index (χ0n) is 15.7. The molecule has 2 heterocycles. The van der Waals surface area contributed by atoms with Crippen LogP contribution in [0.25, 0.3) is 11.3 Å². The molecule has 0 saturated carbocycles. The smallest absolute Gasteiger partial charge is 0.226 e. The van der Waals surface area contributed by atoms with Crippen molar-refractivity contribution in [3.8, 4) is 11.3 Å². The van der Waals surface area contributed by atoms with Gasteiger partial charge in [-0.2, -0.15) is 0 Å². The van der Waals surface area contributed by atoms with E-state index in [0.717, 1.165) is 29.7 Å². The van der Waals surface area contributed by atoms with Gasteiger partial charge >= 0.3 is 0 Å². The van der Waals surface area contributed by atoms with Gasteiger partial charge in [-0.3, -0.25) is 4.79 Å². The van der Waals surface area contributed by atoms with Crippen LogP contribution in [0.15, 0.2) is 23.6 Å². The number of rotatable bonds is 7. The molecule has 2 aromatic rings. The lowest BCUT2D eigenvalue weighted by molar-refractivity contribution is -0.116. The summed E-state index contributed by atoms with van der Waals surface area (Å²) in [6.45, 7) is 5.30. The Bertz CT molecular complexity index is 916. The van der Waals surface area contributed by atoms with Crippen molar-refractivity contribution in [3.05, 3.63) is 34.7 Å². The number of nitrogens with zero attached hydrogens (tertiary/aromatic N) is 2. The highest BCUT2D eigenvalue weighted by atomic mass is 32.2. The Hall–Kier alpha value is -1.77. The first-order valence-corrected chi connectivity index (χ1v) is 11.6. The molecule has 0 bridgehead atoms. The molecule has 1 N–H and O–H groups in total. The highest BCUT2D eigenvalue weighted by molar-refractivity contribution is 7.89. The summed E-state index contributed by atoms with van der Waals surface area (Å²) in [6, 6.07) is 6.18. The van der Waals surface area contributed by atoms with Gasteiger partial charge in [0.25, 0.3) is 0 Å². The average molecular weight is 408 g/mol. The fourth-order valence-electron chi connectivity index (χ4n) is 3.25. The van der Waals surface area contributed by atoms with Crippen molar-refractivity contribution < 1.29 is 13.2 Å². The highest BCUT2D eigenvalue weighted by Gasteiger charge is 2.24. The van der Waals surface area contributed by atoms with Gasteiger partial charge in [-0.1, -0.05) is 23.8 Å². The SMILES string of the molecule is Cc1ccc(-c2csc(NC(=O)CCCS(=O)(=O)N3CCCC3)n2)c(C)c1. The first-order valence-electron chi connectivity index (χ1n) is 9.16. The number of hydrogen-bond acceptors (Lipinski definition) is 5. The largest absolute Gasteiger partial charge is 0.302 e. The quantitative estimate of drug-likeness (QED) is 0.761. The monoisotopic (exact) mass is 407 g/mol. The molecule has 0 spiro atoms. The van der Waals surface area contributed by atoms with Crippen LogP contribution >= 0.6 is 11.3 Å². The van der Waals surface area contributed by atoms with Gasteiger partial charge in [-0.05, 0) is 38.7 Å². The number of aryl methyl sites for hydroxylation is 2. The van der Waals surface area contributed by atoms with Crippen LogP contribution in [0.3, 0.4) is 0 Å². The minimum atomic E-state index is -3.23. The molecule has 3 rings (SSSR count). The molecule has 1 aromatic carbocycles. The maximum atomic E-state index is 12.2. The number of sulfonamides is 1. The normalized spacial score (nSPS) is 15.2. The summed E-state index contributed by atoms with van der Waals surface area (Å²) in [5.41, 5.74) is 4.23. The summed E-state index contributed by atoms with van der Waals surface area (Å²) in [5.74, 6) is -0.181. The van der Waals surface area contributed by atoms with E-state index in [2.05, 4.69) is 16.4 Å². The van der Waals surface area contributed by atoms with E-state index in [1.807, 2.05) is 31.4 Å². The van der Waals surface area contributed by atoms with Crippen LogP contribution in [-0.4, -0.2) is 42.5 Å². The predicted molar refractivity (Wildman–Crippen MR) is 109 cm³/mol. The zero-order chi connectivity index (χ0) is 19.4. The summed E-state index contributed by atoms with van der Waals surface area (Å²) >= 11 is 1.38. The molecule has 1 saturated heterocycles. The lowest BCUT2D eigenvalue weighted by Gasteiger charge is -2.14. The fraction of sp³-hybridized carbons (Fsp3) is 0.474. The molecule has 1 amide bonds. The third kappa shape index (κ3) is 5.15. The number of carbonyl (C=O) groups excluding carboxylic acids is 1. The number of benzene rings is 1. The molecule has 0 unspecified atom stereocenters. The molecule has 0 atom stereocenters. The van der Waals surface area contributed by atoms with Gasteiger partial charge in [-0.25, -0.2) is 17.7 Å². The highest BCUT2D eigenvalue weighted by Crippen LogP contribution is 2.28. The van der Waals surface area contributed by atoms with E-state index in [1.54, 1.807) is 0 Å². The second-order valence-corrected chi connectivity index (χ2v) is 9.88. The Morgan fingerprint density at radius 1 is 1.26 bits per heavy atom. The van der Waals surface area contributed by atoms with Gasteiger partial charge in [-0.15, -0.1) is 11.3 Å². The number of anilines is 1. The molecule has 1 aliphatic heterocycles. The van der Waals surface area contributed by atoms with Crippen molar-refractivity contribution in [1.82, 2.24) is 9.29 Å². The third-order valence-corrected chi connectivity index (χ3v) is 7.39. The van der Waals surface area contributed by atoms with Gasteiger partial charge in [0.1, 0.15) is 0 Å². The molecule has 1 aliphatic rings.